The lowest BCUT2D eigenvalue weighted by molar-refractivity contribution is 0.128. The van der Waals surface area contributed by atoms with E-state index in [2.05, 4.69) is 13.8 Å². The van der Waals surface area contributed by atoms with E-state index < -0.39 is 0 Å². The van der Waals surface area contributed by atoms with Crippen molar-refractivity contribution in [3.8, 4) is 0 Å². The number of hydrogen-bond donors (Lipinski definition) is 2. The quantitative estimate of drug-likeness (QED) is 0.528. The maximum atomic E-state index is 5.78. The van der Waals surface area contributed by atoms with Gasteiger partial charge in [-0.05, 0) is 19.3 Å². The second-order valence-electron chi connectivity index (χ2n) is 3.16. The van der Waals surface area contributed by atoms with Crippen molar-refractivity contribution < 1.29 is 0 Å². The van der Waals surface area contributed by atoms with Gasteiger partial charge in [-0.1, -0.05) is 6.92 Å². The molecule has 0 aliphatic heterocycles. The van der Waals surface area contributed by atoms with Crippen molar-refractivity contribution in [2.75, 3.05) is 0 Å². The Bertz CT molecular complexity index is 103. The highest BCUT2D eigenvalue weighted by atomic mass is 35.5. The van der Waals surface area contributed by atoms with Gasteiger partial charge in [-0.3, -0.25) is 0 Å². The maximum absolute atomic E-state index is 5.78. The van der Waals surface area contributed by atoms with E-state index in [-0.39, 0.29) is 17.9 Å². The molecule has 1 aliphatic carbocycles. The van der Waals surface area contributed by atoms with Crippen LogP contribution in [0, 0.1) is 5.92 Å². The molecule has 0 aromatic carbocycles. The first-order chi connectivity index (χ1) is 3.54. The monoisotopic (exact) mass is 150 g/mol. The molecule has 0 bridgehead atoms. The summed E-state index contributed by atoms with van der Waals surface area (Å²) in [6.07, 6.45) is 0.980. The van der Waals surface area contributed by atoms with Crippen molar-refractivity contribution in [3.05, 3.63) is 0 Å². The third-order valence-electron chi connectivity index (χ3n) is 2.36. The summed E-state index contributed by atoms with van der Waals surface area (Å²) in [5.41, 5.74) is 11.4. The molecule has 0 heterocycles. The molecule has 1 aliphatic rings. The van der Waals surface area contributed by atoms with Crippen LogP contribution in [0.3, 0.4) is 0 Å². The van der Waals surface area contributed by atoms with Gasteiger partial charge in [0.2, 0.25) is 0 Å². The Morgan fingerprint density at radius 2 is 2.00 bits per heavy atom. The Hall–Kier alpha value is 0.210. The predicted molar refractivity (Wildman–Crippen MR) is 41.6 cm³/mol. The van der Waals surface area contributed by atoms with E-state index in [0.29, 0.717) is 12.0 Å². The molecule has 1 rings (SSSR count). The number of halogens is 1. The fourth-order valence-electron chi connectivity index (χ4n) is 1.20. The molecule has 0 radical (unpaired) electrons. The van der Waals surface area contributed by atoms with Gasteiger partial charge < -0.3 is 11.5 Å². The number of rotatable bonds is 0. The highest BCUT2D eigenvalue weighted by Gasteiger charge is 2.42. The fraction of sp³-hybridized carbons (Fsp3) is 1.00. The van der Waals surface area contributed by atoms with Crippen LogP contribution in [0.4, 0.5) is 0 Å². The topological polar surface area (TPSA) is 52.0 Å². The van der Waals surface area contributed by atoms with E-state index in [9.17, 15) is 0 Å². The number of nitrogens with two attached hydrogens (primary N) is 2. The van der Waals surface area contributed by atoms with Gasteiger partial charge in [-0.15, -0.1) is 12.4 Å². The van der Waals surface area contributed by atoms with Crippen molar-refractivity contribution in [3.63, 3.8) is 0 Å². The smallest absolute Gasteiger partial charge is 0.0181 e. The van der Waals surface area contributed by atoms with Crippen molar-refractivity contribution in [2.45, 2.75) is 31.8 Å². The second kappa shape index (κ2) is 2.45. The van der Waals surface area contributed by atoms with E-state index >= 15 is 0 Å². The van der Waals surface area contributed by atoms with Gasteiger partial charge in [0.05, 0.1) is 0 Å². The molecular formula is C6H15ClN2. The Balaban J connectivity index is 0.000000640. The van der Waals surface area contributed by atoms with Gasteiger partial charge >= 0.3 is 0 Å². The van der Waals surface area contributed by atoms with Crippen LogP contribution < -0.4 is 11.5 Å². The minimum Gasteiger partial charge on any atom is -0.327 e. The molecule has 1 fully saturated rings. The largest absolute Gasteiger partial charge is 0.327 e. The van der Waals surface area contributed by atoms with Crippen LogP contribution in [-0.2, 0) is 0 Å². The molecule has 0 amide bonds. The van der Waals surface area contributed by atoms with E-state index in [1.807, 2.05) is 0 Å². The predicted octanol–water partition coefficient (Wildman–Crippen LogP) is 0.493. The lowest BCUT2D eigenvalue weighted by Crippen LogP contribution is -2.63. The summed E-state index contributed by atoms with van der Waals surface area (Å²) in [5.74, 6) is 0.502. The Morgan fingerprint density at radius 3 is 2.00 bits per heavy atom. The Morgan fingerprint density at radius 1 is 1.56 bits per heavy atom. The van der Waals surface area contributed by atoms with Gasteiger partial charge in [-0.25, -0.2) is 0 Å². The minimum atomic E-state index is 0. The fourth-order valence-corrected chi connectivity index (χ4v) is 1.20. The van der Waals surface area contributed by atoms with Crippen LogP contribution in [0.2, 0.25) is 0 Å². The van der Waals surface area contributed by atoms with Crippen LogP contribution in [0.1, 0.15) is 20.3 Å². The highest BCUT2D eigenvalue weighted by molar-refractivity contribution is 5.85. The summed E-state index contributed by atoms with van der Waals surface area (Å²) >= 11 is 0. The van der Waals surface area contributed by atoms with Crippen molar-refractivity contribution in [1.29, 1.82) is 0 Å². The zero-order valence-electron chi connectivity index (χ0n) is 5.92. The van der Waals surface area contributed by atoms with Crippen LogP contribution in [0.15, 0.2) is 0 Å². The summed E-state index contributed by atoms with van der Waals surface area (Å²) < 4.78 is 0. The zero-order chi connectivity index (χ0) is 6.36. The molecule has 4 N–H and O–H groups in total. The molecule has 1 saturated carbocycles. The molecule has 56 valence electrons. The lowest BCUT2D eigenvalue weighted by atomic mass is 9.66. The SMILES string of the molecule is CC1C(N)CC1(C)N.Cl. The van der Waals surface area contributed by atoms with E-state index in [1.165, 1.54) is 0 Å². The van der Waals surface area contributed by atoms with Gasteiger partial charge in [0.25, 0.3) is 0 Å². The highest BCUT2D eigenvalue weighted by Crippen LogP contribution is 2.33. The van der Waals surface area contributed by atoms with Crippen LogP contribution in [0.25, 0.3) is 0 Å². The van der Waals surface area contributed by atoms with Crippen molar-refractivity contribution >= 4 is 12.4 Å². The minimum absolute atomic E-state index is 0. The summed E-state index contributed by atoms with van der Waals surface area (Å²) in [4.78, 5) is 0. The molecule has 0 spiro atoms. The summed E-state index contributed by atoms with van der Waals surface area (Å²) in [7, 11) is 0. The molecule has 2 nitrogen and oxygen atoms in total. The molecule has 3 atom stereocenters. The molecule has 3 heteroatoms. The second-order valence-corrected chi connectivity index (χ2v) is 3.16. The van der Waals surface area contributed by atoms with E-state index in [1.54, 1.807) is 0 Å². The molecule has 0 aromatic rings. The Labute approximate surface area is 62.4 Å². The summed E-state index contributed by atoms with van der Waals surface area (Å²) in [5, 5.41) is 0. The summed E-state index contributed by atoms with van der Waals surface area (Å²) in [6, 6.07) is 0.352. The first-order valence-electron chi connectivity index (χ1n) is 3.08. The van der Waals surface area contributed by atoms with Crippen LogP contribution in [-0.4, -0.2) is 11.6 Å². The Kier molecular flexibility index (Phi) is 2.50. The average Bonchev–Trinajstić information content (AvgIpc) is 1.65. The average molecular weight is 151 g/mol. The van der Waals surface area contributed by atoms with E-state index in [4.69, 9.17) is 11.5 Å². The maximum Gasteiger partial charge on any atom is 0.0181 e. The van der Waals surface area contributed by atoms with Crippen LogP contribution >= 0.6 is 12.4 Å². The third kappa shape index (κ3) is 1.37. The van der Waals surface area contributed by atoms with Crippen LogP contribution in [0.5, 0.6) is 0 Å². The van der Waals surface area contributed by atoms with Gasteiger partial charge in [0, 0.05) is 11.6 Å². The molecular weight excluding hydrogens is 136 g/mol. The van der Waals surface area contributed by atoms with Gasteiger partial charge in [0.15, 0.2) is 0 Å². The normalized spacial score (nSPS) is 49.3. The first-order valence-corrected chi connectivity index (χ1v) is 3.08. The van der Waals surface area contributed by atoms with Crippen molar-refractivity contribution in [1.82, 2.24) is 0 Å². The lowest BCUT2D eigenvalue weighted by Gasteiger charge is -2.47. The molecule has 0 saturated heterocycles. The molecule has 0 aromatic heterocycles. The summed E-state index contributed by atoms with van der Waals surface area (Å²) in [6.45, 7) is 4.16. The molecule has 3 unspecified atom stereocenters. The van der Waals surface area contributed by atoms with Crippen molar-refractivity contribution in [2.24, 2.45) is 17.4 Å². The van der Waals surface area contributed by atoms with E-state index in [0.717, 1.165) is 6.42 Å². The first kappa shape index (κ1) is 9.21. The molecule has 9 heavy (non-hydrogen) atoms. The zero-order valence-corrected chi connectivity index (χ0v) is 6.74. The van der Waals surface area contributed by atoms with Gasteiger partial charge in [-0.2, -0.15) is 0 Å². The number of hydrogen-bond acceptors (Lipinski definition) is 2. The third-order valence-corrected chi connectivity index (χ3v) is 2.36. The van der Waals surface area contributed by atoms with Gasteiger partial charge in [0.1, 0.15) is 0 Å². The standard InChI is InChI=1S/C6H14N2.ClH/c1-4-5(7)3-6(4,2)8;/h4-5H,3,7-8H2,1-2H3;1H.